The molecule has 1 saturated heterocycles. The third kappa shape index (κ3) is 2.67. The number of ether oxygens (including phenoxy) is 1. The van der Waals surface area contributed by atoms with Crippen molar-refractivity contribution in [3.05, 3.63) is 95.6 Å². The van der Waals surface area contributed by atoms with Crippen LogP contribution in [0.15, 0.2) is 78.9 Å². The van der Waals surface area contributed by atoms with Gasteiger partial charge < -0.3 is 15.0 Å². The van der Waals surface area contributed by atoms with Gasteiger partial charge in [-0.05, 0) is 30.3 Å². The molecule has 0 radical (unpaired) electrons. The van der Waals surface area contributed by atoms with Crippen molar-refractivity contribution in [2.24, 2.45) is 5.41 Å². The Kier molecular flexibility index (Phi) is 5.33. The number of likely N-dealkylation sites (N-methyl/N-ethyl adjacent to an activating group) is 1. The highest BCUT2D eigenvalue weighted by Crippen LogP contribution is 2.69. The molecule has 2 spiro atoms. The van der Waals surface area contributed by atoms with Crippen LogP contribution in [0, 0.1) is 5.41 Å². The molecule has 7 nitrogen and oxygen atoms in total. The third-order valence-electron chi connectivity index (χ3n) is 8.39. The molecule has 3 aliphatic rings. The number of nitrogens with zero attached hydrogens (tertiary/aromatic N) is 2. The van der Waals surface area contributed by atoms with Crippen molar-refractivity contribution >= 4 is 45.1 Å². The van der Waals surface area contributed by atoms with Crippen LogP contribution in [0.4, 0.5) is 11.4 Å². The van der Waals surface area contributed by atoms with Crippen molar-refractivity contribution in [3.8, 4) is 0 Å². The number of esters is 1. The Morgan fingerprint density at radius 1 is 0.973 bits per heavy atom. The molecule has 6 rings (SSSR count). The Hall–Kier alpha value is -3.49. The summed E-state index contributed by atoms with van der Waals surface area (Å²) >= 11 is 3.61. The van der Waals surface area contributed by atoms with E-state index in [1.54, 1.807) is 4.90 Å². The summed E-state index contributed by atoms with van der Waals surface area (Å²) in [6, 6.07) is 24.7. The second kappa shape index (κ2) is 8.26. The molecule has 0 aromatic heterocycles. The number of likely N-dealkylation sites (tertiary alicyclic amines) is 1. The van der Waals surface area contributed by atoms with E-state index in [2.05, 4.69) is 21.2 Å². The molecule has 0 aliphatic carbocycles. The molecule has 8 heteroatoms. The largest absolute Gasteiger partial charge is 0.468 e. The van der Waals surface area contributed by atoms with E-state index >= 15 is 4.79 Å². The van der Waals surface area contributed by atoms with Crippen molar-refractivity contribution in [2.45, 2.75) is 17.5 Å². The Morgan fingerprint density at radius 3 is 2.32 bits per heavy atom. The second-order valence-electron chi connectivity index (χ2n) is 9.92. The number of halogens is 1. The fourth-order valence-electron chi connectivity index (χ4n) is 7.07. The molecule has 0 saturated carbocycles. The minimum atomic E-state index is -1.59. The first-order valence-electron chi connectivity index (χ1n) is 12.1. The maximum absolute atomic E-state index is 15.1. The lowest BCUT2D eigenvalue weighted by atomic mass is 9.53. The van der Waals surface area contributed by atoms with Gasteiger partial charge in [0.2, 0.25) is 5.91 Å². The zero-order valence-electron chi connectivity index (χ0n) is 20.5. The number of fused-ring (bicyclic) bond motifs is 5. The quantitative estimate of drug-likeness (QED) is 0.388. The smallest absolute Gasteiger partial charge is 0.315 e. The number of hydrogen-bond donors (Lipinski definition) is 1. The van der Waals surface area contributed by atoms with E-state index in [1.807, 2.05) is 90.8 Å². The molecule has 2 amide bonds. The predicted octanol–water partition coefficient (Wildman–Crippen LogP) is 3.82. The summed E-state index contributed by atoms with van der Waals surface area (Å²) in [5.41, 5.74) is -0.836. The molecule has 3 heterocycles. The van der Waals surface area contributed by atoms with Crippen molar-refractivity contribution in [1.29, 1.82) is 0 Å². The average molecular weight is 560 g/mol. The molecule has 1 N–H and O–H groups in total. The van der Waals surface area contributed by atoms with Crippen LogP contribution in [0.25, 0.3) is 0 Å². The van der Waals surface area contributed by atoms with Gasteiger partial charge in [0.15, 0.2) is 0 Å². The van der Waals surface area contributed by atoms with Crippen molar-refractivity contribution in [2.75, 3.05) is 36.2 Å². The molecule has 3 aromatic rings. The second-order valence-corrected chi connectivity index (χ2v) is 10.5. The SMILES string of the molecule is COC(=O)[C@@]1(CBr)CN(C)[C@]2(C(=O)Nc3ccccc32)[C@]12C(=O)N(Cc1ccccc1)c1ccccc12. The summed E-state index contributed by atoms with van der Waals surface area (Å²) in [5.74, 6) is -1.15. The van der Waals surface area contributed by atoms with E-state index in [0.29, 0.717) is 29.0 Å². The van der Waals surface area contributed by atoms with Crippen LogP contribution in [-0.2, 0) is 36.6 Å². The zero-order chi connectivity index (χ0) is 26.0. The fraction of sp³-hybridized carbons (Fsp3) is 0.276. The van der Waals surface area contributed by atoms with Crippen LogP contribution in [0.3, 0.4) is 0 Å². The Labute approximate surface area is 223 Å². The Bertz CT molecular complexity index is 1450. The molecule has 37 heavy (non-hydrogen) atoms. The maximum atomic E-state index is 15.1. The molecule has 0 unspecified atom stereocenters. The first kappa shape index (κ1) is 23.9. The lowest BCUT2D eigenvalue weighted by Gasteiger charge is -2.46. The van der Waals surface area contributed by atoms with E-state index < -0.39 is 22.3 Å². The van der Waals surface area contributed by atoms with E-state index in [0.717, 1.165) is 5.56 Å². The summed E-state index contributed by atoms with van der Waals surface area (Å²) in [5, 5.41) is 3.16. The fourth-order valence-corrected chi connectivity index (χ4v) is 7.89. The number of hydrogen-bond acceptors (Lipinski definition) is 5. The molecule has 3 aromatic carbocycles. The van der Waals surface area contributed by atoms with Gasteiger partial charge in [-0.25, -0.2) is 0 Å². The minimum absolute atomic E-state index is 0.132. The van der Waals surface area contributed by atoms with Crippen LogP contribution in [0.5, 0.6) is 0 Å². The molecule has 188 valence electrons. The van der Waals surface area contributed by atoms with Gasteiger partial charge in [0.25, 0.3) is 5.91 Å². The van der Waals surface area contributed by atoms with E-state index in [9.17, 15) is 9.59 Å². The molecular weight excluding hydrogens is 534 g/mol. The van der Waals surface area contributed by atoms with Crippen LogP contribution in [0.1, 0.15) is 16.7 Å². The summed E-state index contributed by atoms with van der Waals surface area (Å²) in [7, 11) is 3.15. The lowest BCUT2D eigenvalue weighted by Crippen LogP contribution is -2.66. The topological polar surface area (TPSA) is 79.0 Å². The minimum Gasteiger partial charge on any atom is -0.468 e. The van der Waals surface area contributed by atoms with E-state index in [-0.39, 0.29) is 23.7 Å². The van der Waals surface area contributed by atoms with Crippen molar-refractivity contribution in [1.82, 2.24) is 4.90 Å². The van der Waals surface area contributed by atoms with E-state index in [1.165, 1.54) is 7.11 Å². The number of nitrogens with one attached hydrogen (secondary N) is 1. The number of methoxy groups -OCH3 is 1. The predicted molar refractivity (Wildman–Crippen MR) is 143 cm³/mol. The standard InChI is InChI=1S/C29H26BrN3O4/c1-32-18-27(17-30,26(36)37-2)28(29(32)20-12-6-8-14-22(20)31-24(29)34)21-13-7-9-15-23(21)33(25(28)35)16-19-10-4-3-5-11-19/h3-15H,16-18H2,1-2H3,(H,31,34)/t27-,28-,29-/m1/s1. The van der Waals surface area contributed by atoms with Crippen LogP contribution >= 0.6 is 15.9 Å². The number of carbonyl (C=O) groups is 3. The summed E-state index contributed by atoms with van der Waals surface area (Å²) in [6.07, 6.45) is 0. The third-order valence-corrected chi connectivity index (χ3v) is 9.34. The number of anilines is 2. The van der Waals surface area contributed by atoms with Gasteiger partial charge in [-0.3, -0.25) is 19.3 Å². The van der Waals surface area contributed by atoms with Gasteiger partial charge >= 0.3 is 5.97 Å². The molecule has 0 bridgehead atoms. The Balaban J connectivity index is 1.73. The zero-order valence-corrected chi connectivity index (χ0v) is 22.1. The molecular formula is C29H26BrN3O4. The molecule has 1 fully saturated rings. The van der Waals surface area contributed by atoms with Gasteiger partial charge in [0, 0.05) is 28.8 Å². The monoisotopic (exact) mass is 559 g/mol. The molecule has 3 atom stereocenters. The number of para-hydroxylation sites is 2. The number of carbonyl (C=O) groups excluding carboxylic acids is 3. The summed E-state index contributed by atoms with van der Waals surface area (Å²) < 4.78 is 5.41. The van der Waals surface area contributed by atoms with Gasteiger partial charge in [-0.15, -0.1) is 0 Å². The summed E-state index contributed by atoms with van der Waals surface area (Å²) in [6.45, 7) is 0.451. The highest BCUT2D eigenvalue weighted by Gasteiger charge is 2.84. The van der Waals surface area contributed by atoms with Crippen LogP contribution in [-0.4, -0.2) is 48.7 Å². The van der Waals surface area contributed by atoms with Gasteiger partial charge in [0.05, 0.1) is 13.7 Å². The average Bonchev–Trinajstić information content (AvgIpc) is 3.46. The number of rotatable bonds is 4. The number of amides is 2. The molecule has 3 aliphatic heterocycles. The number of alkyl halides is 1. The van der Waals surface area contributed by atoms with Gasteiger partial charge in [0.1, 0.15) is 16.4 Å². The highest BCUT2D eigenvalue weighted by molar-refractivity contribution is 9.09. The first-order chi connectivity index (χ1) is 17.9. The number of benzene rings is 3. The van der Waals surface area contributed by atoms with Gasteiger partial charge in [-0.2, -0.15) is 0 Å². The van der Waals surface area contributed by atoms with Crippen molar-refractivity contribution in [3.63, 3.8) is 0 Å². The van der Waals surface area contributed by atoms with Crippen molar-refractivity contribution < 1.29 is 19.1 Å². The van der Waals surface area contributed by atoms with Crippen LogP contribution < -0.4 is 10.2 Å². The Morgan fingerprint density at radius 2 is 1.62 bits per heavy atom. The normalized spacial score (nSPS) is 28.0. The van der Waals surface area contributed by atoms with E-state index in [4.69, 9.17) is 4.74 Å². The van der Waals surface area contributed by atoms with Crippen LogP contribution in [0.2, 0.25) is 0 Å². The summed E-state index contributed by atoms with van der Waals surface area (Å²) in [4.78, 5) is 46.9. The maximum Gasteiger partial charge on any atom is 0.315 e. The highest BCUT2D eigenvalue weighted by atomic mass is 79.9. The first-order valence-corrected chi connectivity index (χ1v) is 13.2. The lowest BCUT2D eigenvalue weighted by molar-refractivity contribution is -0.159. The van der Waals surface area contributed by atoms with Gasteiger partial charge in [-0.1, -0.05) is 82.7 Å².